The number of hydrogen-bond acceptors (Lipinski definition) is 6. The quantitative estimate of drug-likeness (QED) is 0.330. The van der Waals surface area contributed by atoms with Crippen LogP contribution in [0.15, 0.2) is 66.0 Å². The van der Waals surface area contributed by atoms with Crippen molar-refractivity contribution in [3.63, 3.8) is 0 Å². The van der Waals surface area contributed by atoms with Crippen LogP contribution in [0.5, 0.6) is 0 Å². The van der Waals surface area contributed by atoms with Gasteiger partial charge in [0.15, 0.2) is 5.16 Å². The Hall–Kier alpha value is -3.17. The summed E-state index contributed by atoms with van der Waals surface area (Å²) < 4.78 is 7.26. The maximum absolute atomic E-state index is 12.9. The molecule has 0 bridgehead atoms. The van der Waals surface area contributed by atoms with Gasteiger partial charge < -0.3 is 9.64 Å². The lowest BCUT2D eigenvalue weighted by atomic mass is 10.1. The molecule has 1 atom stereocenters. The first kappa shape index (κ1) is 21.1. The van der Waals surface area contributed by atoms with Gasteiger partial charge in [-0.05, 0) is 19.1 Å². The fourth-order valence-electron chi connectivity index (χ4n) is 3.39. The second kappa shape index (κ2) is 9.32. The molecular weight excluding hydrogens is 416 g/mol. The molecule has 9 heteroatoms. The van der Waals surface area contributed by atoms with Crippen molar-refractivity contribution in [3.8, 4) is 16.9 Å². The van der Waals surface area contributed by atoms with Crippen LogP contribution in [-0.4, -0.2) is 56.8 Å². The predicted molar refractivity (Wildman–Crippen MR) is 118 cm³/mol. The van der Waals surface area contributed by atoms with E-state index >= 15 is 0 Å². The third-order valence-electron chi connectivity index (χ3n) is 5.01. The molecule has 1 amide bonds. The van der Waals surface area contributed by atoms with Crippen LogP contribution in [0, 0.1) is 10.1 Å². The van der Waals surface area contributed by atoms with Crippen molar-refractivity contribution >= 4 is 23.4 Å². The topological polar surface area (TPSA) is 90.5 Å². The number of non-ortho nitro benzene ring substituents is 1. The van der Waals surface area contributed by atoms with Gasteiger partial charge in [-0.2, -0.15) is 0 Å². The van der Waals surface area contributed by atoms with Crippen LogP contribution >= 0.6 is 11.8 Å². The van der Waals surface area contributed by atoms with Gasteiger partial charge in [-0.1, -0.05) is 42.1 Å². The first-order valence-corrected chi connectivity index (χ1v) is 10.8. The average Bonchev–Trinajstić information content (AvgIpc) is 3.23. The fraction of sp³-hybridized carbons (Fsp3) is 0.273. The molecule has 3 aromatic rings. The van der Waals surface area contributed by atoms with Crippen molar-refractivity contribution in [1.29, 1.82) is 0 Å². The van der Waals surface area contributed by atoms with E-state index in [1.54, 1.807) is 12.1 Å². The maximum Gasteiger partial charge on any atom is 0.270 e. The Morgan fingerprint density at radius 3 is 2.61 bits per heavy atom. The van der Waals surface area contributed by atoms with Crippen molar-refractivity contribution in [3.05, 3.63) is 70.9 Å². The minimum Gasteiger partial charge on any atom is -0.378 e. The van der Waals surface area contributed by atoms with E-state index in [4.69, 9.17) is 9.72 Å². The number of rotatable bonds is 6. The average molecular weight is 439 g/mol. The van der Waals surface area contributed by atoms with Gasteiger partial charge in [-0.15, -0.1) is 0 Å². The lowest BCUT2D eigenvalue weighted by Crippen LogP contribution is -2.44. The lowest BCUT2D eigenvalue weighted by Gasteiger charge is -2.28. The molecule has 2 aromatic carbocycles. The number of nitro groups is 1. The highest BCUT2D eigenvalue weighted by Gasteiger charge is 2.25. The minimum atomic E-state index is -0.420. The Bertz CT molecular complexity index is 1080. The normalized spacial score (nSPS) is 14.9. The van der Waals surface area contributed by atoms with Crippen LogP contribution in [0.2, 0.25) is 0 Å². The first-order valence-electron chi connectivity index (χ1n) is 9.96. The molecule has 8 nitrogen and oxygen atoms in total. The molecule has 1 fully saturated rings. The lowest BCUT2D eigenvalue weighted by molar-refractivity contribution is -0.384. The summed E-state index contributed by atoms with van der Waals surface area (Å²) in [6.07, 6.45) is 1.85. The minimum absolute atomic E-state index is 0.0110. The number of morpholine rings is 1. The summed E-state index contributed by atoms with van der Waals surface area (Å²) in [5.41, 5.74) is 2.18. The predicted octanol–water partition coefficient (Wildman–Crippen LogP) is 3.79. The van der Waals surface area contributed by atoms with Gasteiger partial charge in [0.05, 0.1) is 29.1 Å². The van der Waals surface area contributed by atoms with Crippen molar-refractivity contribution in [1.82, 2.24) is 14.5 Å². The Morgan fingerprint density at radius 2 is 1.90 bits per heavy atom. The zero-order valence-electron chi connectivity index (χ0n) is 17.0. The summed E-state index contributed by atoms with van der Waals surface area (Å²) in [7, 11) is 0. The fourth-order valence-corrected chi connectivity index (χ4v) is 4.38. The van der Waals surface area contributed by atoms with E-state index in [1.807, 2.05) is 52.9 Å². The summed E-state index contributed by atoms with van der Waals surface area (Å²) >= 11 is 1.38. The molecule has 1 aliphatic rings. The van der Waals surface area contributed by atoms with Crippen molar-refractivity contribution in [2.45, 2.75) is 17.3 Å². The van der Waals surface area contributed by atoms with Gasteiger partial charge in [0.25, 0.3) is 5.69 Å². The van der Waals surface area contributed by atoms with Gasteiger partial charge in [-0.25, -0.2) is 4.98 Å². The van der Waals surface area contributed by atoms with Crippen LogP contribution in [-0.2, 0) is 9.53 Å². The molecule has 1 aliphatic heterocycles. The number of ether oxygens (including phenoxy) is 1. The molecule has 1 aromatic heterocycles. The number of nitro benzene ring substituents is 1. The van der Waals surface area contributed by atoms with Crippen LogP contribution in [0.3, 0.4) is 0 Å². The highest BCUT2D eigenvalue weighted by Crippen LogP contribution is 2.31. The van der Waals surface area contributed by atoms with Crippen LogP contribution in [0.25, 0.3) is 16.9 Å². The van der Waals surface area contributed by atoms with E-state index in [-0.39, 0.29) is 16.8 Å². The number of aromatic nitrogens is 2. The van der Waals surface area contributed by atoms with E-state index in [2.05, 4.69) is 0 Å². The van der Waals surface area contributed by atoms with Crippen LogP contribution in [0.4, 0.5) is 5.69 Å². The standard InChI is InChI=1S/C22H22N4O4S/c1-16(21(27)24-10-12-30-13-11-24)31-22-23-20(15-25(22)18-7-3-2-4-8-18)17-6-5-9-19(14-17)26(28)29/h2-9,14-16H,10-13H2,1H3/t16-/m1/s1. The van der Waals surface area contributed by atoms with Crippen molar-refractivity contribution < 1.29 is 14.5 Å². The number of carbonyl (C=O) groups is 1. The molecule has 0 unspecified atom stereocenters. The van der Waals surface area contributed by atoms with Crippen molar-refractivity contribution in [2.75, 3.05) is 26.3 Å². The molecule has 0 aliphatic carbocycles. The molecule has 0 N–H and O–H groups in total. The molecular formula is C22H22N4O4S. The van der Waals surface area contributed by atoms with Gasteiger partial charge in [-0.3, -0.25) is 19.5 Å². The summed E-state index contributed by atoms with van der Waals surface area (Å²) in [5, 5.41) is 11.5. The second-order valence-corrected chi connectivity index (χ2v) is 8.43. The Morgan fingerprint density at radius 1 is 1.16 bits per heavy atom. The number of para-hydroxylation sites is 1. The monoisotopic (exact) mass is 438 g/mol. The molecule has 1 saturated heterocycles. The largest absolute Gasteiger partial charge is 0.378 e. The molecule has 31 heavy (non-hydrogen) atoms. The molecule has 4 rings (SSSR count). The van der Waals surface area contributed by atoms with Crippen LogP contribution in [0.1, 0.15) is 6.92 Å². The summed E-state index contributed by atoms with van der Waals surface area (Å²) in [6, 6.07) is 16.1. The van der Waals surface area contributed by atoms with Crippen molar-refractivity contribution in [2.24, 2.45) is 0 Å². The molecule has 0 spiro atoms. The van der Waals surface area contributed by atoms with E-state index in [9.17, 15) is 14.9 Å². The number of hydrogen-bond donors (Lipinski definition) is 0. The Kier molecular flexibility index (Phi) is 6.34. The molecule has 2 heterocycles. The first-order chi connectivity index (χ1) is 15.0. The second-order valence-electron chi connectivity index (χ2n) is 7.12. The summed E-state index contributed by atoms with van der Waals surface area (Å²) in [6.45, 7) is 4.17. The molecule has 0 saturated carbocycles. The number of amides is 1. The summed E-state index contributed by atoms with van der Waals surface area (Å²) in [4.78, 5) is 30.2. The van der Waals surface area contributed by atoms with Gasteiger partial charge in [0.1, 0.15) is 0 Å². The third kappa shape index (κ3) is 4.78. The SMILES string of the molecule is C[C@@H](Sc1nc(-c2cccc([N+](=O)[O-])c2)cn1-c1ccccc1)C(=O)N1CCOCC1. The molecule has 0 radical (unpaired) electrons. The zero-order chi connectivity index (χ0) is 21.8. The number of nitrogens with zero attached hydrogens (tertiary/aromatic N) is 4. The Balaban J connectivity index is 1.66. The molecule has 160 valence electrons. The van der Waals surface area contributed by atoms with Gasteiger partial charge >= 0.3 is 0 Å². The maximum atomic E-state index is 12.9. The number of benzene rings is 2. The van der Waals surface area contributed by atoms with E-state index in [0.29, 0.717) is 42.7 Å². The smallest absolute Gasteiger partial charge is 0.270 e. The summed E-state index contributed by atoms with van der Waals surface area (Å²) in [5.74, 6) is 0.0489. The van der Waals surface area contributed by atoms with E-state index < -0.39 is 4.92 Å². The van der Waals surface area contributed by atoms with Crippen LogP contribution < -0.4 is 0 Å². The number of carbonyl (C=O) groups excluding carboxylic acids is 1. The van der Waals surface area contributed by atoms with Gasteiger partial charge in [0, 0.05) is 42.7 Å². The van der Waals surface area contributed by atoms with E-state index in [0.717, 1.165) is 5.69 Å². The third-order valence-corrected chi connectivity index (χ3v) is 6.07. The Labute approximate surface area is 184 Å². The highest BCUT2D eigenvalue weighted by molar-refractivity contribution is 8.00. The van der Waals surface area contributed by atoms with E-state index in [1.165, 1.54) is 23.9 Å². The zero-order valence-corrected chi connectivity index (χ0v) is 17.8. The van der Waals surface area contributed by atoms with Gasteiger partial charge in [0.2, 0.25) is 5.91 Å². The highest BCUT2D eigenvalue weighted by atomic mass is 32.2. The number of imidazole rings is 1. The number of thioether (sulfide) groups is 1.